The van der Waals surface area contributed by atoms with Gasteiger partial charge in [-0.25, -0.2) is 4.79 Å². The summed E-state index contributed by atoms with van der Waals surface area (Å²) in [7, 11) is 0. The van der Waals surface area contributed by atoms with Crippen LogP contribution in [0.25, 0.3) is 0 Å². The van der Waals surface area contributed by atoms with Gasteiger partial charge in [-0.15, -0.1) is 0 Å². The first-order valence-corrected chi connectivity index (χ1v) is 10.1. The molecule has 0 aliphatic carbocycles. The Labute approximate surface area is 174 Å². The van der Waals surface area contributed by atoms with Crippen molar-refractivity contribution in [3.8, 4) is 0 Å². The van der Waals surface area contributed by atoms with Crippen molar-refractivity contribution in [2.75, 3.05) is 32.7 Å². The van der Waals surface area contributed by atoms with E-state index in [4.69, 9.17) is 4.42 Å². The summed E-state index contributed by atoms with van der Waals surface area (Å²) in [6.07, 6.45) is 6.02. The molecular formula is C21H25N5O4. The average Bonchev–Trinajstić information content (AvgIpc) is 3.37. The Kier molecular flexibility index (Phi) is 6.08. The third-order valence-corrected chi connectivity index (χ3v) is 5.57. The molecule has 9 nitrogen and oxygen atoms in total. The Morgan fingerprint density at radius 3 is 2.60 bits per heavy atom. The zero-order valence-corrected chi connectivity index (χ0v) is 16.7. The summed E-state index contributed by atoms with van der Waals surface area (Å²) in [5.41, 5.74) is 1.25. The summed E-state index contributed by atoms with van der Waals surface area (Å²) >= 11 is 0. The van der Waals surface area contributed by atoms with Crippen molar-refractivity contribution in [1.29, 1.82) is 0 Å². The van der Waals surface area contributed by atoms with E-state index >= 15 is 0 Å². The number of urea groups is 1. The molecule has 0 spiro atoms. The summed E-state index contributed by atoms with van der Waals surface area (Å²) in [6, 6.07) is 6.13. The molecule has 158 valence electrons. The summed E-state index contributed by atoms with van der Waals surface area (Å²) in [5.74, 6) is 0.0244. The SMILES string of the molecule is O=C(C[C@H]1NC(=O)N(Cc2ccco2)C1=O)N1CCN(CCc2ccncc2)CC1. The summed E-state index contributed by atoms with van der Waals surface area (Å²) in [4.78, 5) is 46.6. The van der Waals surface area contributed by atoms with E-state index in [1.54, 1.807) is 29.4 Å². The number of imide groups is 1. The molecule has 2 aliphatic heterocycles. The predicted octanol–water partition coefficient (Wildman–Crippen LogP) is 0.872. The van der Waals surface area contributed by atoms with Gasteiger partial charge in [0, 0.05) is 45.1 Å². The van der Waals surface area contributed by atoms with Gasteiger partial charge in [-0.2, -0.15) is 0 Å². The second-order valence-corrected chi connectivity index (χ2v) is 7.54. The van der Waals surface area contributed by atoms with Gasteiger partial charge in [-0.1, -0.05) is 0 Å². The van der Waals surface area contributed by atoms with Gasteiger partial charge >= 0.3 is 6.03 Å². The lowest BCUT2D eigenvalue weighted by atomic mass is 10.1. The van der Waals surface area contributed by atoms with Gasteiger partial charge < -0.3 is 14.6 Å². The van der Waals surface area contributed by atoms with Gasteiger partial charge in [0.15, 0.2) is 0 Å². The van der Waals surface area contributed by atoms with E-state index in [1.165, 1.54) is 11.8 Å². The maximum atomic E-state index is 12.7. The number of nitrogens with one attached hydrogen (secondary N) is 1. The van der Waals surface area contributed by atoms with Crippen molar-refractivity contribution in [3.63, 3.8) is 0 Å². The molecule has 1 N–H and O–H groups in total. The van der Waals surface area contributed by atoms with Crippen molar-refractivity contribution in [1.82, 2.24) is 25.0 Å². The largest absolute Gasteiger partial charge is 0.467 e. The van der Waals surface area contributed by atoms with Crippen molar-refractivity contribution in [2.45, 2.75) is 25.4 Å². The maximum Gasteiger partial charge on any atom is 0.325 e. The first kappa shape index (κ1) is 20.1. The molecule has 30 heavy (non-hydrogen) atoms. The molecule has 4 amide bonds. The van der Waals surface area contributed by atoms with Gasteiger partial charge in [-0.05, 0) is 36.2 Å². The monoisotopic (exact) mass is 411 g/mol. The molecule has 4 rings (SSSR count). The fourth-order valence-electron chi connectivity index (χ4n) is 3.78. The first-order chi connectivity index (χ1) is 14.6. The zero-order valence-electron chi connectivity index (χ0n) is 16.7. The lowest BCUT2D eigenvalue weighted by molar-refractivity contribution is -0.137. The van der Waals surface area contributed by atoms with E-state index in [0.717, 1.165) is 31.0 Å². The highest BCUT2D eigenvalue weighted by atomic mass is 16.3. The Balaban J connectivity index is 1.23. The molecule has 2 aromatic rings. The van der Waals surface area contributed by atoms with Gasteiger partial charge in [0.2, 0.25) is 5.91 Å². The Bertz CT molecular complexity index is 878. The highest BCUT2D eigenvalue weighted by Gasteiger charge is 2.40. The molecule has 4 heterocycles. The molecule has 2 aromatic heterocycles. The second kappa shape index (κ2) is 9.08. The van der Waals surface area contributed by atoms with Crippen LogP contribution >= 0.6 is 0 Å². The van der Waals surface area contributed by atoms with Gasteiger partial charge in [0.1, 0.15) is 11.8 Å². The van der Waals surface area contributed by atoms with E-state index in [1.807, 2.05) is 12.1 Å². The van der Waals surface area contributed by atoms with Crippen LogP contribution in [0, 0.1) is 0 Å². The molecule has 2 saturated heterocycles. The van der Waals surface area contributed by atoms with E-state index in [9.17, 15) is 14.4 Å². The zero-order chi connectivity index (χ0) is 20.9. The number of amides is 4. The molecule has 0 aromatic carbocycles. The van der Waals surface area contributed by atoms with E-state index in [0.29, 0.717) is 18.8 Å². The number of carbonyl (C=O) groups is 3. The summed E-state index contributed by atoms with van der Waals surface area (Å²) < 4.78 is 5.20. The van der Waals surface area contributed by atoms with Crippen LogP contribution in [0.5, 0.6) is 0 Å². The van der Waals surface area contributed by atoms with Crippen molar-refractivity contribution < 1.29 is 18.8 Å². The van der Waals surface area contributed by atoms with E-state index in [2.05, 4.69) is 15.2 Å². The van der Waals surface area contributed by atoms with Gasteiger partial charge in [0.05, 0.1) is 19.2 Å². The number of pyridine rings is 1. The minimum atomic E-state index is -0.815. The molecule has 0 unspecified atom stereocenters. The first-order valence-electron chi connectivity index (χ1n) is 10.1. The predicted molar refractivity (Wildman–Crippen MR) is 107 cm³/mol. The topological polar surface area (TPSA) is 99.0 Å². The molecule has 9 heteroatoms. The van der Waals surface area contributed by atoms with Crippen molar-refractivity contribution in [3.05, 3.63) is 54.2 Å². The number of carbonyl (C=O) groups excluding carboxylic acids is 3. The molecular weight excluding hydrogens is 386 g/mol. The number of hydrogen-bond acceptors (Lipinski definition) is 6. The van der Waals surface area contributed by atoms with Crippen LogP contribution < -0.4 is 5.32 Å². The number of hydrogen-bond donors (Lipinski definition) is 1. The molecule has 0 bridgehead atoms. The lowest BCUT2D eigenvalue weighted by Crippen LogP contribution is -2.50. The van der Waals surface area contributed by atoms with Crippen LogP contribution in [0.15, 0.2) is 47.3 Å². The number of aromatic nitrogens is 1. The Morgan fingerprint density at radius 1 is 1.13 bits per heavy atom. The highest BCUT2D eigenvalue weighted by Crippen LogP contribution is 2.16. The number of nitrogens with zero attached hydrogens (tertiary/aromatic N) is 4. The molecule has 2 aliphatic rings. The maximum absolute atomic E-state index is 12.7. The van der Waals surface area contributed by atoms with Crippen molar-refractivity contribution in [2.24, 2.45) is 0 Å². The minimum Gasteiger partial charge on any atom is -0.467 e. The normalized spacial score (nSPS) is 19.9. The van der Waals surface area contributed by atoms with Gasteiger partial charge in [-0.3, -0.25) is 24.4 Å². The third kappa shape index (κ3) is 4.68. The number of rotatable bonds is 7. The lowest BCUT2D eigenvalue weighted by Gasteiger charge is -2.35. The highest BCUT2D eigenvalue weighted by molar-refractivity contribution is 6.05. The van der Waals surface area contributed by atoms with E-state index < -0.39 is 12.1 Å². The van der Waals surface area contributed by atoms with Crippen LogP contribution in [0.4, 0.5) is 4.79 Å². The minimum absolute atomic E-state index is 0.0176. The quantitative estimate of drug-likeness (QED) is 0.679. The fraction of sp³-hybridized carbons (Fsp3) is 0.429. The Morgan fingerprint density at radius 2 is 1.90 bits per heavy atom. The van der Waals surface area contributed by atoms with Crippen LogP contribution in [0.1, 0.15) is 17.7 Å². The fourth-order valence-corrected chi connectivity index (χ4v) is 3.78. The van der Waals surface area contributed by atoms with Crippen LogP contribution in [-0.2, 0) is 22.6 Å². The smallest absolute Gasteiger partial charge is 0.325 e. The van der Waals surface area contributed by atoms with Crippen molar-refractivity contribution >= 4 is 17.8 Å². The standard InChI is InChI=1S/C21H25N5O4/c27-19(14-18-20(28)26(21(29)23-18)15-17-2-1-13-30-17)25-11-9-24(10-12-25)8-5-16-3-6-22-7-4-16/h1-4,6-7,13,18H,5,8-12,14-15H2,(H,23,29)/t18-/m1/s1. The molecule has 0 saturated carbocycles. The number of piperazine rings is 1. The van der Waals surface area contributed by atoms with Crippen LogP contribution in [0.2, 0.25) is 0 Å². The molecule has 1 atom stereocenters. The molecule has 0 radical (unpaired) electrons. The average molecular weight is 411 g/mol. The van der Waals surface area contributed by atoms with Gasteiger partial charge in [0.25, 0.3) is 5.91 Å². The van der Waals surface area contributed by atoms with Crippen LogP contribution in [-0.4, -0.2) is 76.3 Å². The second-order valence-electron chi connectivity index (χ2n) is 7.54. The summed E-state index contributed by atoms with van der Waals surface area (Å²) in [5, 5.41) is 2.62. The van der Waals surface area contributed by atoms with Crippen LogP contribution in [0.3, 0.4) is 0 Å². The molecule has 2 fully saturated rings. The van der Waals surface area contributed by atoms with E-state index in [-0.39, 0.29) is 24.8 Å². The Hall–Kier alpha value is -3.20. The third-order valence-electron chi connectivity index (χ3n) is 5.57. The number of furan rings is 1. The summed E-state index contributed by atoms with van der Waals surface area (Å²) in [6.45, 7) is 3.85.